The van der Waals surface area contributed by atoms with E-state index >= 15 is 0 Å². The molecular weight excluding hydrogens is 232 g/mol. The summed E-state index contributed by atoms with van der Waals surface area (Å²) in [4.78, 5) is 16.2. The highest BCUT2D eigenvalue weighted by Gasteiger charge is 2.20. The molecule has 0 atom stereocenters. The van der Waals surface area contributed by atoms with Crippen molar-refractivity contribution in [3.63, 3.8) is 0 Å². The molecule has 18 heavy (non-hydrogen) atoms. The maximum absolute atomic E-state index is 5.13. The third-order valence-corrected chi connectivity index (χ3v) is 3.08. The Bertz CT molecular complexity index is 485. The van der Waals surface area contributed by atoms with Crippen molar-refractivity contribution >= 4 is 5.95 Å². The Morgan fingerprint density at radius 3 is 2.78 bits per heavy atom. The number of aromatic amines is 1. The minimum atomic E-state index is 0.693. The Labute approximate surface area is 105 Å². The third kappa shape index (κ3) is 2.35. The van der Waals surface area contributed by atoms with Gasteiger partial charge in [-0.25, -0.2) is 4.98 Å². The number of imidazole rings is 1. The van der Waals surface area contributed by atoms with Gasteiger partial charge in [0, 0.05) is 38.6 Å². The van der Waals surface area contributed by atoms with Crippen LogP contribution in [-0.4, -0.2) is 51.2 Å². The number of nitrogens with one attached hydrogen (secondary N) is 1. The molecule has 2 aromatic rings. The van der Waals surface area contributed by atoms with Crippen LogP contribution in [0.25, 0.3) is 0 Å². The van der Waals surface area contributed by atoms with Crippen molar-refractivity contribution in [1.82, 2.24) is 25.0 Å². The van der Waals surface area contributed by atoms with Gasteiger partial charge in [-0.15, -0.1) is 0 Å². The van der Waals surface area contributed by atoms with Crippen molar-refractivity contribution in [1.29, 1.82) is 0 Å². The van der Waals surface area contributed by atoms with E-state index in [0.29, 0.717) is 11.7 Å². The van der Waals surface area contributed by atoms with E-state index in [1.54, 1.807) is 6.20 Å². The van der Waals surface area contributed by atoms with E-state index in [0.717, 1.165) is 38.7 Å². The lowest BCUT2D eigenvalue weighted by Gasteiger charge is -2.33. The number of aryl methyl sites for hydroxylation is 1. The summed E-state index contributed by atoms with van der Waals surface area (Å²) in [5.74, 6) is 2.33. The zero-order chi connectivity index (χ0) is 12.4. The zero-order valence-electron chi connectivity index (χ0n) is 10.3. The van der Waals surface area contributed by atoms with Gasteiger partial charge in [0.05, 0.1) is 6.54 Å². The Morgan fingerprint density at radius 1 is 1.33 bits per heavy atom. The number of hydrogen-bond acceptors (Lipinski definition) is 6. The second kappa shape index (κ2) is 4.77. The Morgan fingerprint density at radius 2 is 2.17 bits per heavy atom. The molecule has 0 aromatic carbocycles. The molecule has 2 aromatic heterocycles. The fourth-order valence-electron chi connectivity index (χ4n) is 2.14. The quantitative estimate of drug-likeness (QED) is 0.848. The molecule has 0 saturated carbocycles. The molecule has 0 amide bonds. The van der Waals surface area contributed by atoms with Crippen molar-refractivity contribution in [2.75, 3.05) is 31.1 Å². The minimum absolute atomic E-state index is 0.693. The number of hydrogen-bond donors (Lipinski definition) is 1. The van der Waals surface area contributed by atoms with Crippen LogP contribution in [-0.2, 0) is 6.54 Å². The molecule has 96 valence electrons. The van der Waals surface area contributed by atoms with Gasteiger partial charge >= 0.3 is 0 Å². The smallest absolute Gasteiger partial charge is 0.240 e. The molecule has 0 radical (unpaired) electrons. The van der Waals surface area contributed by atoms with Gasteiger partial charge < -0.3 is 14.4 Å². The van der Waals surface area contributed by atoms with Crippen molar-refractivity contribution in [2.24, 2.45) is 0 Å². The van der Waals surface area contributed by atoms with Crippen LogP contribution in [0.3, 0.4) is 0 Å². The summed E-state index contributed by atoms with van der Waals surface area (Å²) in [6, 6.07) is 0. The van der Waals surface area contributed by atoms with Crippen molar-refractivity contribution in [2.45, 2.75) is 13.5 Å². The first-order valence-electron chi connectivity index (χ1n) is 6.07. The Hall–Kier alpha value is -1.89. The lowest BCUT2D eigenvalue weighted by molar-refractivity contribution is 0.214. The lowest BCUT2D eigenvalue weighted by atomic mass is 10.3. The number of nitrogens with zero attached hydrogens (tertiary/aromatic N) is 5. The summed E-state index contributed by atoms with van der Waals surface area (Å²) in [5.41, 5.74) is 0. The molecule has 3 heterocycles. The summed E-state index contributed by atoms with van der Waals surface area (Å²) in [6.45, 7) is 6.43. The number of piperazine rings is 1. The minimum Gasteiger partial charge on any atom is -0.340 e. The monoisotopic (exact) mass is 248 g/mol. The predicted molar refractivity (Wildman–Crippen MR) is 65.1 cm³/mol. The first-order chi connectivity index (χ1) is 8.81. The third-order valence-electron chi connectivity index (χ3n) is 3.08. The van der Waals surface area contributed by atoms with Crippen molar-refractivity contribution in [3.8, 4) is 0 Å². The van der Waals surface area contributed by atoms with Crippen LogP contribution in [0.4, 0.5) is 5.95 Å². The molecule has 1 saturated heterocycles. The number of H-pyrrole nitrogens is 1. The molecule has 1 N–H and O–H groups in total. The van der Waals surface area contributed by atoms with Gasteiger partial charge in [-0.3, -0.25) is 4.90 Å². The van der Waals surface area contributed by atoms with E-state index in [2.05, 4.69) is 29.9 Å². The SMILES string of the molecule is Cc1noc(CN2CCN(c3ncc[nH]3)CC2)n1. The molecule has 0 bridgehead atoms. The van der Waals surface area contributed by atoms with Crippen molar-refractivity contribution in [3.05, 3.63) is 24.1 Å². The van der Waals surface area contributed by atoms with E-state index < -0.39 is 0 Å². The standard InChI is InChI=1S/C11H16N6O/c1-9-14-10(18-15-9)8-16-4-6-17(7-5-16)11-12-2-3-13-11/h2-3H,4-8H2,1H3,(H,12,13). The van der Waals surface area contributed by atoms with Crippen LogP contribution in [0.5, 0.6) is 0 Å². The first kappa shape index (κ1) is 11.2. The van der Waals surface area contributed by atoms with Gasteiger partial charge in [-0.2, -0.15) is 4.98 Å². The number of aromatic nitrogens is 4. The van der Waals surface area contributed by atoms with Gasteiger partial charge in [-0.1, -0.05) is 5.16 Å². The van der Waals surface area contributed by atoms with E-state index in [-0.39, 0.29) is 0 Å². The van der Waals surface area contributed by atoms with Crippen LogP contribution in [0, 0.1) is 6.92 Å². The molecule has 1 aliphatic rings. The van der Waals surface area contributed by atoms with Crippen LogP contribution >= 0.6 is 0 Å². The van der Waals surface area contributed by atoms with Crippen LogP contribution in [0.2, 0.25) is 0 Å². The van der Waals surface area contributed by atoms with E-state index in [9.17, 15) is 0 Å². The second-order valence-corrected chi connectivity index (χ2v) is 4.41. The highest BCUT2D eigenvalue weighted by Crippen LogP contribution is 2.11. The summed E-state index contributed by atoms with van der Waals surface area (Å²) in [6.07, 6.45) is 3.63. The maximum Gasteiger partial charge on any atom is 0.240 e. The van der Waals surface area contributed by atoms with Crippen LogP contribution in [0.1, 0.15) is 11.7 Å². The highest BCUT2D eigenvalue weighted by atomic mass is 16.5. The molecule has 0 spiro atoms. The summed E-state index contributed by atoms with van der Waals surface area (Å²) in [5, 5.41) is 3.80. The fraction of sp³-hybridized carbons (Fsp3) is 0.545. The van der Waals surface area contributed by atoms with E-state index in [1.807, 2.05) is 13.1 Å². The first-order valence-corrected chi connectivity index (χ1v) is 6.07. The largest absolute Gasteiger partial charge is 0.340 e. The second-order valence-electron chi connectivity index (χ2n) is 4.41. The van der Waals surface area contributed by atoms with Crippen LogP contribution < -0.4 is 4.90 Å². The highest BCUT2D eigenvalue weighted by molar-refractivity contribution is 5.29. The lowest BCUT2D eigenvalue weighted by Crippen LogP contribution is -2.46. The maximum atomic E-state index is 5.13. The zero-order valence-corrected chi connectivity index (χ0v) is 10.3. The molecule has 0 unspecified atom stereocenters. The van der Waals surface area contributed by atoms with Crippen LogP contribution in [0.15, 0.2) is 16.9 Å². The molecule has 3 rings (SSSR count). The van der Waals surface area contributed by atoms with Gasteiger partial charge in [0.25, 0.3) is 0 Å². The fourth-order valence-corrected chi connectivity index (χ4v) is 2.14. The summed E-state index contributed by atoms with van der Waals surface area (Å²) in [7, 11) is 0. The number of anilines is 1. The summed E-state index contributed by atoms with van der Waals surface area (Å²) >= 11 is 0. The normalized spacial score (nSPS) is 17.3. The Kier molecular flexibility index (Phi) is 2.97. The van der Waals surface area contributed by atoms with Gasteiger partial charge in [-0.05, 0) is 6.92 Å². The molecule has 0 aliphatic carbocycles. The molecular formula is C11H16N6O. The molecule has 1 aliphatic heterocycles. The molecule has 7 heteroatoms. The van der Waals surface area contributed by atoms with E-state index in [4.69, 9.17) is 4.52 Å². The molecule has 1 fully saturated rings. The Balaban J connectivity index is 1.54. The summed E-state index contributed by atoms with van der Waals surface area (Å²) < 4.78 is 5.13. The van der Waals surface area contributed by atoms with E-state index in [1.165, 1.54) is 0 Å². The van der Waals surface area contributed by atoms with Crippen molar-refractivity contribution < 1.29 is 4.52 Å². The average Bonchev–Trinajstić information content (AvgIpc) is 3.02. The number of rotatable bonds is 3. The topological polar surface area (TPSA) is 74.1 Å². The van der Waals surface area contributed by atoms with Gasteiger partial charge in [0.2, 0.25) is 11.8 Å². The predicted octanol–water partition coefficient (Wildman–Crippen LogP) is 0.423. The average molecular weight is 248 g/mol. The van der Waals surface area contributed by atoms with Gasteiger partial charge in [0.15, 0.2) is 5.82 Å². The van der Waals surface area contributed by atoms with Gasteiger partial charge in [0.1, 0.15) is 0 Å². The molecule has 7 nitrogen and oxygen atoms in total.